The van der Waals surface area contributed by atoms with Crippen LogP contribution >= 0.6 is 0 Å². The Balaban J connectivity index is 2.12. The number of morpholine rings is 1. The summed E-state index contributed by atoms with van der Waals surface area (Å²) in [4.78, 5) is 16.8. The van der Waals surface area contributed by atoms with E-state index in [2.05, 4.69) is 35.3 Å². The van der Waals surface area contributed by atoms with Crippen LogP contribution in [-0.4, -0.2) is 57.2 Å². The number of carbonyl (C=O) groups excluding carboxylic acids is 1. The Morgan fingerprint density at radius 1 is 1.30 bits per heavy atom. The summed E-state index contributed by atoms with van der Waals surface area (Å²) in [5, 5.41) is 3.17. The third kappa shape index (κ3) is 4.45. The minimum atomic E-state index is -0.0898. The molecule has 1 aliphatic rings. The summed E-state index contributed by atoms with van der Waals surface area (Å²) in [6.07, 6.45) is 0.802. The smallest absolute Gasteiger partial charge is 0.237 e. The molecule has 0 saturated carbocycles. The van der Waals surface area contributed by atoms with Gasteiger partial charge in [0.15, 0.2) is 0 Å². The van der Waals surface area contributed by atoms with E-state index >= 15 is 0 Å². The van der Waals surface area contributed by atoms with Crippen LogP contribution in [0.15, 0.2) is 24.3 Å². The first-order valence-corrected chi connectivity index (χ1v) is 8.43. The van der Waals surface area contributed by atoms with Crippen LogP contribution in [0.1, 0.15) is 31.9 Å². The monoisotopic (exact) mass is 319 g/mol. The van der Waals surface area contributed by atoms with Gasteiger partial charge < -0.3 is 15.0 Å². The van der Waals surface area contributed by atoms with E-state index in [0.29, 0.717) is 0 Å². The zero-order valence-electron chi connectivity index (χ0n) is 14.7. The van der Waals surface area contributed by atoms with Crippen LogP contribution in [0, 0.1) is 0 Å². The second-order valence-corrected chi connectivity index (χ2v) is 6.28. The molecule has 1 aromatic carbocycles. The van der Waals surface area contributed by atoms with Crippen LogP contribution in [0.5, 0.6) is 0 Å². The Hall–Kier alpha value is -1.59. The molecule has 0 bridgehead atoms. The predicted octanol–water partition coefficient (Wildman–Crippen LogP) is 2.04. The second kappa shape index (κ2) is 8.31. The molecule has 5 nitrogen and oxygen atoms in total. The van der Waals surface area contributed by atoms with Crippen LogP contribution < -0.4 is 10.2 Å². The number of hydrogen-bond acceptors (Lipinski definition) is 4. The lowest BCUT2D eigenvalue weighted by atomic mass is 10.0. The standard InChI is InChI=1S/C18H29N3O2/c1-5-16(20(3)4)18(22)19-14(2)15-8-6-7-9-17(15)21-10-12-23-13-11-21/h6-9,14,16H,5,10-13H2,1-4H3,(H,19,22)/t14-,16-/m1/s1. The van der Waals surface area contributed by atoms with Crippen LogP contribution in [0.2, 0.25) is 0 Å². The number of amides is 1. The molecule has 23 heavy (non-hydrogen) atoms. The van der Waals surface area contributed by atoms with E-state index in [1.54, 1.807) is 0 Å². The van der Waals surface area contributed by atoms with Gasteiger partial charge in [-0.25, -0.2) is 0 Å². The van der Waals surface area contributed by atoms with Gasteiger partial charge >= 0.3 is 0 Å². The first kappa shape index (κ1) is 17.8. The predicted molar refractivity (Wildman–Crippen MR) is 93.8 cm³/mol. The van der Waals surface area contributed by atoms with Crippen molar-refractivity contribution in [1.82, 2.24) is 10.2 Å². The molecule has 0 spiro atoms. The number of nitrogens with one attached hydrogen (secondary N) is 1. The molecule has 0 radical (unpaired) electrons. The second-order valence-electron chi connectivity index (χ2n) is 6.28. The number of benzene rings is 1. The summed E-state index contributed by atoms with van der Waals surface area (Å²) in [5.74, 6) is 0.0850. The van der Waals surface area contributed by atoms with Gasteiger partial charge in [-0.1, -0.05) is 25.1 Å². The fourth-order valence-electron chi connectivity index (χ4n) is 3.12. The highest BCUT2D eigenvalue weighted by molar-refractivity contribution is 5.82. The lowest BCUT2D eigenvalue weighted by Gasteiger charge is -2.32. The number of para-hydroxylation sites is 1. The van der Waals surface area contributed by atoms with Crippen molar-refractivity contribution in [2.75, 3.05) is 45.3 Å². The van der Waals surface area contributed by atoms with Crippen molar-refractivity contribution in [2.45, 2.75) is 32.4 Å². The van der Waals surface area contributed by atoms with Crippen molar-refractivity contribution in [2.24, 2.45) is 0 Å². The summed E-state index contributed by atoms with van der Waals surface area (Å²) < 4.78 is 5.44. The third-order valence-corrected chi connectivity index (χ3v) is 4.43. The van der Waals surface area contributed by atoms with Crippen molar-refractivity contribution in [3.8, 4) is 0 Å². The summed E-state index contributed by atoms with van der Waals surface area (Å²) >= 11 is 0. The first-order valence-electron chi connectivity index (χ1n) is 8.43. The van der Waals surface area contributed by atoms with Crippen LogP contribution in [-0.2, 0) is 9.53 Å². The average Bonchev–Trinajstić information content (AvgIpc) is 2.56. The topological polar surface area (TPSA) is 44.8 Å². The maximum Gasteiger partial charge on any atom is 0.237 e. The molecule has 2 rings (SSSR count). The molecule has 1 aliphatic heterocycles. The molecule has 0 unspecified atom stereocenters. The molecule has 128 valence electrons. The van der Waals surface area contributed by atoms with Gasteiger partial charge in [0.25, 0.3) is 0 Å². The lowest BCUT2D eigenvalue weighted by Crippen LogP contribution is -2.44. The number of carbonyl (C=O) groups is 1. The Kier molecular flexibility index (Phi) is 6.42. The third-order valence-electron chi connectivity index (χ3n) is 4.43. The molecule has 1 saturated heterocycles. The normalized spacial score (nSPS) is 17.9. The van der Waals surface area contributed by atoms with Gasteiger partial charge in [0, 0.05) is 18.8 Å². The maximum absolute atomic E-state index is 12.5. The summed E-state index contributed by atoms with van der Waals surface area (Å²) in [7, 11) is 3.89. The van der Waals surface area contributed by atoms with E-state index in [0.717, 1.165) is 38.3 Å². The van der Waals surface area contributed by atoms with Crippen LogP contribution in [0.3, 0.4) is 0 Å². The molecule has 1 N–H and O–H groups in total. The Morgan fingerprint density at radius 2 is 1.96 bits per heavy atom. The van der Waals surface area contributed by atoms with E-state index in [4.69, 9.17) is 4.74 Å². The van der Waals surface area contributed by atoms with E-state index < -0.39 is 0 Å². The minimum Gasteiger partial charge on any atom is -0.378 e. The van der Waals surface area contributed by atoms with Crippen molar-refractivity contribution in [3.05, 3.63) is 29.8 Å². The Bertz CT molecular complexity index is 513. The fraction of sp³-hybridized carbons (Fsp3) is 0.611. The zero-order chi connectivity index (χ0) is 16.8. The number of rotatable bonds is 6. The van der Waals surface area contributed by atoms with E-state index in [1.165, 1.54) is 5.69 Å². The van der Waals surface area contributed by atoms with Crippen molar-refractivity contribution >= 4 is 11.6 Å². The van der Waals surface area contributed by atoms with Gasteiger partial charge in [-0.15, -0.1) is 0 Å². The first-order chi connectivity index (χ1) is 11.0. The van der Waals surface area contributed by atoms with Gasteiger partial charge in [-0.05, 0) is 39.1 Å². The van der Waals surface area contributed by atoms with Crippen LogP contribution in [0.4, 0.5) is 5.69 Å². The summed E-state index contributed by atoms with van der Waals surface area (Å²) in [6, 6.07) is 8.21. The SMILES string of the molecule is CC[C@H](C(=O)N[C@H](C)c1ccccc1N1CCOCC1)N(C)C. The van der Waals surface area contributed by atoms with Crippen molar-refractivity contribution in [1.29, 1.82) is 0 Å². The number of anilines is 1. The Morgan fingerprint density at radius 3 is 2.57 bits per heavy atom. The highest BCUT2D eigenvalue weighted by atomic mass is 16.5. The van der Waals surface area contributed by atoms with Crippen molar-refractivity contribution < 1.29 is 9.53 Å². The van der Waals surface area contributed by atoms with Gasteiger partial charge in [-0.3, -0.25) is 9.69 Å². The molecular formula is C18H29N3O2. The fourth-order valence-corrected chi connectivity index (χ4v) is 3.12. The summed E-state index contributed by atoms with van der Waals surface area (Å²) in [6.45, 7) is 7.40. The molecule has 5 heteroatoms. The molecule has 1 fully saturated rings. The van der Waals surface area contributed by atoms with E-state index in [-0.39, 0.29) is 18.0 Å². The minimum absolute atomic E-state index is 0.0180. The van der Waals surface area contributed by atoms with Gasteiger partial charge in [0.1, 0.15) is 0 Å². The maximum atomic E-state index is 12.5. The highest BCUT2D eigenvalue weighted by Crippen LogP contribution is 2.27. The highest BCUT2D eigenvalue weighted by Gasteiger charge is 2.23. The van der Waals surface area contributed by atoms with Crippen molar-refractivity contribution in [3.63, 3.8) is 0 Å². The molecular weight excluding hydrogens is 290 g/mol. The zero-order valence-corrected chi connectivity index (χ0v) is 14.7. The Labute approximate surface area is 139 Å². The molecule has 2 atom stereocenters. The molecule has 1 heterocycles. The number of nitrogens with zero attached hydrogens (tertiary/aromatic N) is 2. The van der Waals surface area contributed by atoms with E-state index in [9.17, 15) is 4.79 Å². The number of ether oxygens (including phenoxy) is 1. The number of likely N-dealkylation sites (N-methyl/N-ethyl adjacent to an activating group) is 1. The molecule has 0 aromatic heterocycles. The van der Waals surface area contributed by atoms with Gasteiger partial charge in [0.2, 0.25) is 5.91 Å². The van der Waals surface area contributed by atoms with E-state index in [1.807, 2.05) is 32.0 Å². The van der Waals surface area contributed by atoms with Crippen LogP contribution in [0.25, 0.3) is 0 Å². The van der Waals surface area contributed by atoms with Gasteiger partial charge in [0.05, 0.1) is 25.3 Å². The van der Waals surface area contributed by atoms with Gasteiger partial charge in [-0.2, -0.15) is 0 Å². The molecule has 0 aliphatic carbocycles. The average molecular weight is 319 g/mol. The molecule has 1 amide bonds. The molecule has 1 aromatic rings. The summed E-state index contributed by atoms with van der Waals surface area (Å²) in [5.41, 5.74) is 2.36. The number of hydrogen-bond donors (Lipinski definition) is 1. The lowest BCUT2D eigenvalue weighted by molar-refractivity contribution is -0.126. The quantitative estimate of drug-likeness (QED) is 0.871. The largest absolute Gasteiger partial charge is 0.378 e.